The summed E-state index contributed by atoms with van der Waals surface area (Å²) >= 11 is 0. The molecular weight excluding hydrogens is 324 g/mol. The summed E-state index contributed by atoms with van der Waals surface area (Å²) in [5.41, 5.74) is -0.544. The average molecular weight is 346 g/mol. The van der Waals surface area contributed by atoms with E-state index in [2.05, 4.69) is 24.1 Å². The minimum atomic E-state index is -0.581. The van der Waals surface area contributed by atoms with Crippen LogP contribution in [0.15, 0.2) is 28.1 Å². The van der Waals surface area contributed by atoms with Gasteiger partial charge in [-0.05, 0) is 24.7 Å². The average Bonchev–Trinajstić information content (AvgIpc) is 2.98. The molecule has 3 rings (SSSR count). The van der Waals surface area contributed by atoms with Gasteiger partial charge in [-0.3, -0.25) is 14.2 Å². The van der Waals surface area contributed by atoms with Crippen molar-refractivity contribution in [3.05, 3.63) is 39.3 Å². The van der Waals surface area contributed by atoms with Gasteiger partial charge in [0.2, 0.25) is 0 Å². The lowest BCUT2D eigenvalue weighted by atomic mass is 9.85. The zero-order chi connectivity index (χ0) is 18.1. The molecule has 2 atom stereocenters. The second kappa shape index (κ2) is 6.70. The van der Waals surface area contributed by atoms with E-state index in [1.807, 2.05) is 0 Å². The summed E-state index contributed by atoms with van der Waals surface area (Å²) in [6, 6.07) is 0. The van der Waals surface area contributed by atoms with Crippen molar-refractivity contribution in [1.82, 2.24) is 18.7 Å². The van der Waals surface area contributed by atoms with E-state index in [4.69, 9.17) is 4.74 Å². The monoisotopic (exact) mass is 346 g/mol. The molecule has 2 heterocycles. The molecule has 8 heteroatoms. The lowest BCUT2D eigenvalue weighted by Gasteiger charge is -2.24. The van der Waals surface area contributed by atoms with E-state index in [0.717, 1.165) is 17.4 Å². The van der Waals surface area contributed by atoms with Crippen LogP contribution in [0.1, 0.15) is 19.8 Å². The lowest BCUT2D eigenvalue weighted by Crippen LogP contribution is -2.41. The van der Waals surface area contributed by atoms with Gasteiger partial charge in [-0.1, -0.05) is 19.1 Å². The molecule has 1 aliphatic carbocycles. The molecule has 0 N–H and O–H groups in total. The summed E-state index contributed by atoms with van der Waals surface area (Å²) in [5.74, 6) is 0.134. The first-order valence-electron chi connectivity index (χ1n) is 8.31. The fourth-order valence-corrected chi connectivity index (χ4v) is 3.15. The van der Waals surface area contributed by atoms with Gasteiger partial charge in [0.25, 0.3) is 5.56 Å². The Balaban J connectivity index is 1.79. The normalized spacial score (nSPS) is 20.1. The highest BCUT2D eigenvalue weighted by Crippen LogP contribution is 2.25. The Hall–Kier alpha value is -2.64. The molecule has 25 heavy (non-hydrogen) atoms. The largest absolute Gasteiger partial charge is 0.464 e. The number of carbonyl (C=O) groups excluding carboxylic acids is 1. The number of esters is 1. The molecule has 2 aromatic rings. The summed E-state index contributed by atoms with van der Waals surface area (Å²) in [6.45, 7) is 2.02. The van der Waals surface area contributed by atoms with Gasteiger partial charge in [-0.15, -0.1) is 0 Å². The third kappa shape index (κ3) is 3.16. The topological polar surface area (TPSA) is 88.1 Å². The molecular formula is C17H22N4O4. The number of aryl methyl sites for hydroxylation is 2. The molecule has 0 bridgehead atoms. The van der Waals surface area contributed by atoms with Gasteiger partial charge in [-0.2, -0.15) is 0 Å². The van der Waals surface area contributed by atoms with E-state index < -0.39 is 23.8 Å². The molecule has 0 aliphatic heterocycles. The summed E-state index contributed by atoms with van der Waals surface area (Å²) < 4.78 is 9.02. The third-order valence-electron chi connectivity index (χ3n) is 4.86. The number of carbonyl (C=O) groups is 1. The van der Waals surface area contributed by atoms with Crippen molar-refractivity contribution < 1.29 is 9.53 Å². The van der Waals surface area contributed by atoms with Crippen LogP contribution in [-0.4, -0.2) is 31.3 Å². The predicted octanol–water partition coefficient (Wildman–Crippen LogP) is 0.579. The predicted molar refractivity (Wildman–Crippen MR) is 92.2 cm³/mol. The smallest absolute Gasteiger partial charge is 0.333 e. The minimum Gasteiger partial charge on any atom is -0.464 e. The highest BCUT2D eigenvalue weighted by molar-refractivity contribution is 5.72. The molecule has 8 nitrogen and oxygen atoms in total. The molecule has 0 saturated heterocycles. The van der Waals surface area contributed by atoms with Crippen LogP contribution < -0.4 is 11.2 Å². The number of rotatable bonds is 4. The number of ether oxygens (including phenoxy) is 1. The summed E-state index contributed by atoms with van der Waals surface area (Å²) in [7, 11) is 3.19. The summed E-state index contributed by atoms with van der Waals surface area (Å²) in [5, 5.41) is 0. The Bertz CT molecular complexity index is 950. The van der Waals surface area contributed by atoms with Crippen LogP contribution in [0.2, 0.25) is 0 Å². The maximum absolute atomic E-state index is 12.5. The molecule has 0 radical (unpaired) electrons. The molecule has 0 fully saturated rings. The van der Waals surface area contributed by atoms with E-state index in [9.17, 15) is 14.4 Å². The standard InChI is InChI=1S/C17H22N4O4/c1-11-6-4-5-7-12(11)9-25-13(22)8-21-16(23)14-15(18-10-19(14)2)20(3)17(21)24/h4-5,10-12H,6-9H2,1-3H3. The number of allylic oxidation sites excluding steroid dienone is 2. The SMILES string of the molecule is CC1CC=CCC1COC(=O)Cn1c(=O)c2c(ncn2C)n(C)c1=O. The van der Waals surface area contributed by atoms with Crippen LogP contribution in [0.3, 0.4) is 0 Å². The van der Waals surface area contributed by atoms with Crippen molar-refractivity contribution in [3.8, 4) is 0 Å². The number of nitrogens with zero attached hydrogens (tertiary/aromatic N) is 4. The first-order valence-corrected chi connectivity index (χ1v) is 8.31. The van der Waals surface area contributed by atoms with E-state index in [1.165, 1.54) is 22.5 Å². The van der Waals surface area contributed by atoms with Gasteiger partial charge in [0.05, 0.1) is 12.9 Å². The number of fused-ring (bicyclic) bond motifs is 1. The maximum atomic E-state index is 12.5. The van der Waals surface area contributed by atoms with Gasteiger partial charge in [0.15, 0.2) is 11.2 Å². The van der Waals surface area contributed by atoms with Gasteiger partial charge in [-0.25, -0.2) is 14.3 Å². The Labute approximate surface area is 144 Å². The Morgan fingerprint density at radius 2 is 2.00 bits per heavy atom. The quantitative estimate of drug-likeness (QED) is 0.597. The highest BCUT2D eigenvalue weighted by Gasteiger charge is 2.21. The zero-order valence-corrected chi connectivity index (χ0v) is 14.6. The molecule has 0 saturated carbocycles. The van der Waals surface area contributed by atoms with Crippen LogP contribution in [0, 0.1) is 11.8 Å². The van der Waals surface area contributed by atoms with Crippen LogP contribution >= 0.6 is 0 Å². The fraction of sp³-hybridized carbons (Fsp3) is 0.529. The zero-order valence-electron chi connectivity index (χ0n) is 14.6. The molecule has 134 valence electrons. The molecule has 1 aliphatic rings. The van der Waals surface area contributed by atoms with Gasteiger partial charge in [0, 0.05) is 14.1 Å². The number of imidazole rings is 1. The van der Waals surface area contributed by atoms with E-state index in [0.29, 0.717) is 18.2 Å². The van der Waals surface area contributed by atoms with Gasteiger partial charge < -0.3 is 9.30 Å². The number of hydrogen-bond donors (Lipinski definition) is 0. The Morgan fingerprint density at radius 3 is 2.72 bits per heavy atom. The molecule has 0 amide bonds. The van der Waals surface area contributed by atoms with Crippen LogP contribution in [0.5, 0.6) is 0 Å². The fourth-order valence-electron chi connectivity index (χ4n) is 3.15. The highest BCUT2D eigenvalue weighted by atomic mass is 16.5. The number of hydrogen-bond acceptors (Lipinski definition) is 5. The van der Waals surface area contributed by atoms with Crippen molar-refractivity contribution in [2.45, 2.75) is 26.3 Å². The third-order valence-corrected chi connectivity index (χ3v) is 4.86. The van der Waals surface area contributed by atoms with E-state index >= 15 is 0 Å². The Morgan fingerprint density at radius 1 is 1.28 bits per heavy atom. The first kappa shape index (κ1) is 17.2. The van der Waals surface area contributed by atoms with Crippen LogP contribution in [0.4, 0.5) is 0 Å². The van der Waals surface area contributed by atoms with Crippen molar-refractivity contribution >= 4 is 17.1 Å². The Kier molecular flexibility index (Phi) is 4.61. The maximum Gasteiger partial charge on any atom is 0.333 e. The van der Waals surface area contributed by atoms with Crippen LogP contribution in [0.25, 0.3) is 11.2 Å². The van der Waals surface area contributed by atoms with Crippen molar-refractivity contribution in [1.29, 1.82) is 0 Å². The lowest BCUT2D eigenvalue weighted by molar-refractivity contribution is -0.146. The molecule has 2 unspecified atom stereocenters. The van der Waals surface area contributed by atoms with Crippen molar-refractivity contribution in [2.75, 3.05) is 6.61 Å². The summed E-state index contributed by atoms with van der Waals surface area (Å²) in [6.07, 6.45) is 7.53. The van der Waals surface area contributed by atoms with Crippen LogP contribution in [-0.2, 0) is 30.2 Å². The second-order valence-electron chi connectivity index (χ2n) is 6.62. The van der Waals surface area contributed by atoms with E-state index in [1.54, 1.807) is 7.05 Å². The molecule has 0 aromatic carbocycles. The number of aromatic nitrogens is 4. The second-order valence-corrected chi connectivity index (χ2v) is 6.62. The van der Waals surface area contributed by atoms with Gasteiger partial charge in [0.1, 0.15) is 6.54 Å². The minimum absolute atomic E-state index is 0.271. The first-order chi connectivity index (χ1) is 11.9. The van der Waals surface area contributed by atoms with Crippen molar-refractivity contribution in [3.63, 3.8) is 0 Å². The molecule has 0 spiro atoms. The summed E-state index contributed by atoms with van der Waals surface area (Å²) in [4.78, 5) is 41.1. The van der Waals surface area contributed by atoms with Gasteiger partial charge >= 0.3 is 11.7 Å². The van der Waals surface area contributed by atoms with E-state index in [-0.39, 0.29) is 11.4 Å². The van der Waals surface area contributed by atoms with Crippen molar-refractivity contribution in [2.24, 2.45) is 25.9 Å². The molecule has 2 aromatic heterocycles.